The first-order valence-electron chi connectivity index (χ1n) is 7.02. The molecule has 21 heavy (non-hydrogen) atoms. The molecule has 2 N–H and O–H groups in total. The first kappa shape index (κ1) is 18.1. The van der Waals surface area contributed by atoms with Gasteiger partial charge in [0.25, 0.3) is 0 Å². The van der Waals surface area contributed by atoms with Gasteiger partial charge in [0.1, 0.15) is 0 Å². The van der Waals surface area contributed by atoms with Gasteiger partial charge in [-0.25, -0.2) is 13.1 Å². The second-order valence-electron chi connectivity index (χ2n) is 6.10. The number of benzene rings is 1. The van der Waals surface area contributed by atoms with Crippen molar-refractivity contribution in [1.29, 1.82) is 0 Å². The Kier molecular flexibility index (Phi) is 5.92. The van der Waals surface area contributed by atoms with E-state index in [2.05, 4.69) is 10.0 Å². The van der Waals surface area contributed by atoms with E-state index in [9.17, 15) is 8.42 Å². The van der Waals surface area contributed by atoms with E-state index in [1.807, 2.05) is 52.9 Å². The van der Waals surface area contributed by atoms with Crippen molar-refractivity contribution in [3.8, 4) is 0 Å². The molecule has 120 valence electrons. The molecule has 0 aliphatic rings. The number of hydrogen-bond donors (Lipinski definition) is 2. The van der Waals surface area contributed by atoms with Gasteiger partial charge in [0.15, 0.2) is 0 Å². The summed E-state index contributed by atoms with van der Waals surface area (Å²) in [7, 11) is 2.22. The summed E-state index contributed by atoms with van der Waals surface area (Å²) in [5, 5.41) is 3.05. The lowest BCUT2D eigenvalue weighted by Crippen LogP contribution is -2.48. The zero-order valence-corrected chi connectivity index (χ0v) is 14.6. The molecule has 0 saturated carbocycles. The quantitative estimate of drug-likeness (QED) is 0.797. The summed E-state index contributed by atoms with van der Waals surface area (Å²) in [5.74, 6) is 0. The zero-order valence-electron chi connectivity index (χ0n) is 13.8. The Balaban J connectivity index is 3.01. The molecule has 1 aromatic carbocycles. The summed E-state index contributed by atoms with van der Waals surface area (Å²) in [6.07, 6.45) is 0. The predicted octanol–water partition coefficient (Wildman–Crippen LogP) is 1.33. The van der Waals surface area contributed by atoms with E-state index in [0.29, 0.717) is 18.0 Å². The molecule has 6 heteroatoms. The van der Waals surface area contributed by atoms with E-state index in [1.54, 1.807) is 12.1 Å². The Bertz CT molecular complexity index is 581. The molecule has 0 bridgehead atoms. The largest absolute Gasteiger partial charge is 0.316 e. The van der Waals surface area contributed by atoms with Crippen LogP contribution in [0.25, 0.3) is 0 Å². The van der Waals surface area contributed by atoms with Gasteiger partial charge in [-0.2, -0.15) is 0 Å². The van der Waals surface area contributed by atoms with E-state index in [0.717, 1.165) is 11.1 Å². The van der Waals surface area contributed by atoms with Gasteiger partial charge < -0.3 is 10.2 Å². The molecular formula is C15H27N3O2S. The van der Waals surface area contributed by atoms with E-state index >= 15 is 0 Å². The van der Waals surface area contributed by atoms with Crippen LogP contribution in [0.4, 0.5) is 0 Å². The third kappa shape index (κ3) is 4.51. The lowest BCUT2D eigenvalue weighted by Gasteiger charge is -2.32. The van der Waals surface area contributed by atoms with Crippen LogP contribution in [0.3, 0.4) is 0 Å². The topological polar surface area (TPSA) is 61.4 Å². The van der Waals surface area contributed by atoms with Crippen molar-refractivity contribution in [1.82, 2.24) is 14.9 Å². The Morgan fingerprint density at radius 1 is 1.24 bits per heavy atom. The third-order valence-corrected chi connectivity index (χ3v) is 5.50. The molecule has 5 nitrogen and oxygen atoms in total. The highest BCUT2D eigenvalue weighted by molar-refractivity contribution is 7.89. The molecule has 0 aliphatic carbocycles. The van der Waals surface area contributed by atoms with Gasteiger partial charge >= 0.3 is 0 Å². The van der Waals surface area contributed by atoms with Crippen LogP contribution in [0.1, 0.15) is 25.0 Å². The highest BCUT2D eigenvalue weighted by atomic mass is 32.2. The molecule has 0 atom stereocenters. The van der Waals surface area contributed by atoms with Gasteiger partial charge in [-0.05, 0) is 59.1 Å². The second kappa shape index (κ2) is 6.87. The maximum absolute atomic E-state index is 12.5. The first-order chi connectivity index (χ1) is 9.62. The summed E-state index contributed by atoms with van der Waals surface area (Å²) in [5.41, 5.74) is 1.54. The molecule has 0 fully saturated rings. The number of rotatable bonds is 7. The minimum Gasteiger partial charge on any atom is -0.316 e. The minimum absolute atomic E-state index is 0.246. The van der Waals surface area contributed by atoms with E-state index in [4.69, 9.17) is 0 Å². The molecule has 0 unspecified atom stereocenters. The molecule has 0 heterocycles. The number of hydrogen-bond acceptors (Lipinski definition) is 4. The average Bonchev–Trinajstić information content (AvgIpc) is 2.39. The molecule has 0 aliphatic heterocycles. The van der Waals surface area contributed by atoms with E-state index in [1.165, 1.54) is 0 Å². The van der Waals surface area contributed by atoms with Gasteiger partial charge in [-0.1, -0.05) is 12.1 Å². The van der Waals surface area contributed by atoms with E-state index in [-0.39, 0.29) is 5.54 Å². The number of nitrogens with zero attached hydrogens (tertiary/aromatic N) is 1. The van der Waals surface area contributed by atoms with Crippen molar-refractivity contribution in [2.45, 2.75) is 37.8 Å². The highest BCUT2D eigenvalue weighted by Gasteiger charge is 2.25. The first-order valence-corrected chi connectivity index (χ1v) is 8.50. The summed E-state index contributed by atoms with van der Waals surface area (Å²) < 4.78 is 27.8. The molecule has 1 aromatic rings. The SMILES string of the molecule is CNCc1cccc(S(=O)(=O)NCC(C)(C)N(C)C)c1C. The van der Waals surface area contributed by atoms with Gasteiger partial charge in [0.05, 0.1) is 4.90 Å². The molecular weight excluding hydrogens is 286 g/mol. The maximum atomic E-state index is 12.5. The zero-order chi connectivity index (χ0) is 16.3. The Hall–Kier alpha value is -0.950. The molecule has 0 saturated heterocycles. The maximum Gasteiger partial charge on any atom is 0.240 e. The van der Waals surface area contributed by atoms with E-state index < -0.39 is 10.0 Å². The normalized spacial score (nSPS) is 12.9. The minimum atomic E-state index is -3.50. The second-order valence-corrected chi connectivity index (χ2v) is 7.84. The van der Waals surface area contributed by atoms with Crippen molar-refractivity contribution in [3.05, 3.63) is 29.3 Å². The Morgan fingerprint density at radius 2 is 1.86 bits per heavy atom. The van der Waals surface area contributed by atoms with Crippen LogP contribution in [-0.2, 0) is 16.6 Å². The summed E-state index contributed by atoms with van der Waals surface area (Å²) in [6.45, 7) is 6.86. The fraction of sp³-hybridized carbons (Fsp3) is 0.600. The average molecular weight is 313 g/mol. The molecule has 0 amide bonds. The van der Waals surface area contributed by atoms with Crippen LogP contribution in [0.2, 0.25) is 0 Å². The Labute approximate surface area is 128 Å². The van der Waals surface area contributed by atoms with Crippen molar-refractivity contribution < 1.29 is 8.42 Å². The standard InChI is InChI=1S/C15H27N3O2S/c1-12-13(10-16-4)8-7-9-14(12)21(19,20)17-11-15(2,3)18(5)6/h7-9,16-17H,10-11H2,1-6H3. The highest BCUT2D eigenvalue weighted by Crippen LogP contribution is 2.19. The molecule has 0 aromatic heterocycles. The van der Waals surface area contributed by atoms with Crippen LogP contribution < -0.4 is 10.0 Å². The molecule has 1 rings (SSSR count). The smallest absolute Gasteiger partial charge is 0.240 e. The van der Waals surface area contributed by atoms with Crippen LogP contribution in [0, 0.1) is 6.92 Å². The third-order valence-electron chi connectivity index (χ3n) is 3.96. The predicted molar refractivity (Wildman–Crippen MR) is 86.9 cm³/mol. The lowest BCUT2D eigenvalue weighted by atomic mass is 10.1. The number of sulfonamides is 1. The van der Waals surface area contributed by atoms with Gasteiger partial charge in [0, 0.05) is 18.6 Å². The fourth-order valence-corrected chi connectivity index (χ4v) is 3.33. The summed E-state index contributed by atoms with van der Waals surface area (Å²) in [6, 6.07) is 5.37. The monoisotopic (exact) mass is 313 g/mol. The Morgan fingerprint density at radius 3 is 2.38 bits per heavy atom. The van der Waals surface area contributed by atoms with Crippen LogP contribution >= 0.6 is 0 Å². The fourth-order valence-electron chi connectivity index (χ4n) is 1.84. The van der Waals surface area contributed by atoms with Gasteiger partial charge in [0.2, 0.25) is 10.0 Å². The van der Waals surface area contributed by atoms with Gasteiger partial charge in [-0.15, -0.1) is 0 Å². The van der Waals surface area contributed by atoms with Crippen molar-refractivity contribution in [2.75, 3.05) is 27.7 Å². The summed E-state index contributed by atoms with van der Waals surface area (Å²) >= 11 is 0. The van der Waals surface area contributed by atoms with Crippen molar-refractivity contribution in [2.24, 2.45) is 0 Å². The number of nitrogens with one attached hydrogen (secondary N) is 2. The number of likely N-dealkylation sites (N-methyl/N-ethyl adjacent to an activating group) is 1. The van der Waals surface area contributed by atoms with Crippen LogP contribution in [0.15, 0.2) is 23.1 Å². The lowest BCUT2D eigenvalue weighted by molar-refractivity contribution is 0.199. The van der Waals surface area contributed by atoms with Gasteiger partial charge in [-0.3, -0.25) is 0 Å². The molecule has 0 spiro atoms. The van der Waals surface area contributed by atoms with Crippen molar-refractivity contribution >= 4 is 10.0 Å². The van der Waals surface area contributed by atoms with Crippen molar-refractivity contribution in [3.63, 3.8) is 0 Å². The molecule has 0 radical (unpaired) electrons. The van der Waals surface area contributed by atoms with Crippen LogP contribution in [-0.4, -0.2) is 46.5 Å². The van der Waals surface area contributed by atoms with Crippen LogP contribution in [0.5, 0.6) is 0 Å². The summed E-state index contributed by atoms with van der Waals surface area (Å²) in [4.78, 5) is 2.35.